The predicted octanol–water partition coefficient (Wildman–Crippen LogP) is 1.72. The van der Waals surface area contributed by atoms with Crippen LogP contribution in [0.4, 0.5) is 4.79 Å². The van der Waals surface area contributed by atoms with Crippen LogP contribution in [0.3, 0.4) is 0 Å². The molecule has 1 aromatic rings. The molecule has 1 atom stereocenters. The minimum atomic E-state index is -3.23. The molecule has 0 aromatic carbocycles. The largest absolute Gasteiger partial charge is 0.374 e. The maximum Gasteiger partial charge on any atom is 0.317 e. The van der Waals surface area contributed by atoms with Crippen molar-refractivity contribution in [2.45, 2.75) is 32.4 Å². The molecule has 0 spiro atoms. The van der Waals surface area contributed by atoms with Crippen LogP contribution in [0.5, 0.6) is 0 Å². The minimum absolute atomic E-state index is 0.139. The summed E-state index contributed by atoms with van der Waals surface area (Å²) in [5.74, 6) is 0. The minimum Gasteiger partial charge on any atom is -0.374 e. The highest BCUT2D eigenvalue weighted by Crippen LogP contribution is 2.11. The van der Waals surface area contributed by atoms with Gasteiger partial charge >= 0.3 is 6.03 Å². The van der Waals surface area contributed by atoms with Crippen molar-refractivity contribution in [3.8, 4) is 0 Å². The number of unbranched alkanes of at least 4 members (excludes halogenated alkanes) is 1. The number of thiophene rings is 1. The smallest absolute Gasteiger partial charge is 0.317 e. The van der Waals surface area contributed by atoms with Crippen LogP contribution < -0.4 is 5.32 Å². The predicted molar refractivity (Wildman–Crippen MR) is 99.2 cm³/mol. The van der Waals surface area contributed by atoms with Gasteiger partial charge in [-0.15, -0.1) is 0 Å². The number of amides is 2. The Morgan fingerprint density at radius 3 is 2.96 bits per heavy atom. The summed E-state index contributed by atoms with van der Waals surface area (Å²) in [4.78, 5) is 14.3. The molecule has 1 N–H and O–H groups in total. The average molecular weight is 390 g/mol. The van der Waals surface area contributed by atoms with Crippen LogP contribution in [0.15, 0.2) is 16.8 Å². The number of ether oxygens (including phenoxy) is 1. The van der Waals surface area contributed by atoms with Gasteiger partial charge in [0.15, 0.2) is 0 Å². The van der Waals surface area contributed by atoms with Crippen molar-refractivity contribution in [3.05, 3.63) is 22.4 Å². The Morgan fingerprint density at radius 1 is 1.52 bits per heavy atom. The number of nitrogens with zero attached hydrogens (tertiary/aromatic N) is 2. The summed E-state index contributed by atoms with van der Waals surface area (Å²) in [5.41, 5.74) is 1.12. The zero-order valence-electron chi connectivity index (χ0n) is 14.8. The van der Waals surface area contributed by atoms with E-state index in [0.717, 1.165) is 18.4 Å². The molecule has 1 aliphatic rings. The van der Waals surface area contributed by atoms with Crippen LogP contribution >= 0.6 is 11.3 Å². The SMILES string of the molecule is CCCCN(Cc1ccsc1)C(=O)NCC1CN(S(C)(=O)=O)CCO1. The fraction of sp³-hybridized carbons (Fsp3) is 0.688. The topological polar surface area (TPSA) is 79.0 Å². The molecular weight excluding hydrogens is 362 g/mol. The van der Waals surface area contributed by atoms with E-state index in [2.05, 4.69) is 12.2 Å². The second-order valence-corrected chi connectivity index (χ2v) is 8.97. The number of morpholine rings is 1. The summed E-state index contributed by atoms with van der Waals surface area (Å²) < 4.78 is 30.3. The summed E-state index contributed by atoms with van der Waals surface area (Å²) in [6, 6.07) is 1.88. The second-order valence-electron chi connectivity index (χ2n) is 6.21. The van der Waals surface area contributed by atoms with Crippen molar-refractivity contribution in [2.24, 2.45) is 0 Å². The molecule has 1 fully saturated rings. The standard InChI is InChI=1S/C16H27N3O4S2/c1-3-4-6-18(11-14-5-9-24-13-14)16(20)17-10-15-12-19(7-8-23-15)25(2,21)22/h5,9,13,15H,3-4,6-8,10-12H2,1-2H3,(H,17,20). The van der Waals surface area contributed by atoms with E-state index in [1.807, 2.05) is 16.8 Å². The lowest BCUT2D eigenvalue weighted by atomic mass is 10.2. The van der Waals surface area contributed by atoms with Crippen LogP contribution in [0, 0.1) is 0 Å². The normalized spacial score (nSPS) is 18.9. The van der Waals surface area contributed by atoms with E-state index >= 15 is 0 Å². The third-order valence-corrected chi connectivity index (χ3v) is 6.08. The molecule has 25 heavy (non-hydrogen) atoms. The lowest BCUT2D eigenvalue weighted by Gasteiger charge is -2.32. The van der Waals surface area contributed by atoms with Crippen molar-refractivity contribution >= 4 is 27.4 Å². The van der Waals surface area contributed by atoms with Gasteiger partial charge in [-0.25, -0.2) is 13.2 Å². The van der Waals surface area contributed by atoms with E-state index in [9.17, 15) is 13.2 Å². The average Bonchev–Trinajstić information content (AvgIpc) is 3.09. The van der Waals surface area contributed by atoms with Gasteiger partial charge in [0.1, 0.15) is 0 Å². The van der Waals surface area contributed by atoms with Crippen LogP contribution in [0.25, 0.3) is 0 Å². The Morgan fingerprint density at radius 2 is 2.32 bits per heavy atom. The van der Waals surface area contributed by atoms with Crippen LogP contribution in [0.1, 0.15) is 25.3 Å². The van der Waals surface area contributed by atoms with Crippen molar-refractivity contribution in [1.29, 1.82) is 0 Å². The molecule has 0 aliphatic carbocycles. The van der Waals surface area contributed by atoms with Gasteiger partial charge in [-0.2, -0.15) is 15.6 Å². The number of carbonyl (C=O) groups excluding carboxylic acids is 1. The zero-order chi connectivity index (χ0) is 18.3. The summed E-state index contributed by atoms with van der Waals surface area (Å²) in [7, 11) is -3.23. The molecule has 2 amide bonds. The van der Waals surface area contributed by atoms with Crippen LogP contribution in [0.2, 0.25) is 0 Å². The molecule has 9 heteroatoms. The third-order valence-electron chi connectivity index (χ3n) is 4.07. The molecule has 1 unspecified atom stereocenters. The lowest BCUT2D eigenvalue weighted by molar-refractivity contribution is 0.000855. The van der Waals surface area contributed by atoms with Crippen molar-refractivity contribution in [1.82, 2.24) is 14.5 Å². The fourth-order valence-corrected chi connectivity index (χ4v) is 4.14. The highest BCUT2D eigenvalue weighted by Gasteiger charge is 2.27. The highest BCUT2D eigenvalue weighted by molar-refractivity contribution is 7.88. The van der Waals surface area contributed by atoms with Crippen molar-refractivity contribution in [2.75, 3.05) is 39.0 Å². The van der Waals surface area contributed by atoms with E-state index in [-0.39, 0.29) is 18.7 Å². The Hall–Kier alpha value is -1.16. The van der Waals surface area contributed by atoms with Gasteiger partial charge in [-0.3, -0.25) is 0 Å². The summed E-state index contributed by atoms with van der Waals surface area (Å²) in [6.07, 6.45) is 2.84. The van der Waals surface area contributed by atoms with Crippen LogP contribution in [-0.2, 0) is 21.3 Å². The molecule has 2 heterocycles. The van der Waals surface area contributed by atoms with E-state index < -0.39 is 10.0 Å². The number of hydrogen-bond donors (Lipinski definition) is 1. The van der Waals surface area contributed by atoms with Crippen molar-refractivity contribution < 1.29 is 17.9 Å². The van der Waals surface area contributed by atoms with Gasteiger partial charge in [0.2, 0.25) is 10.0 Å². The van der Waals surface area contributed by atoms with E-state index in [1.165, 1.54) is 10.6 Å². The maximum atomic E-state index is 12.5. The van der Waals surface area contributed by atoms with Gasteiger partial charge in [0.05, 0.1) is 19.0 Å². The first-order valence-corrected chi connectivity index (χ1v) is 11.3. The summed E-state index contributed by atoms with van der Waals surface area (Å²) >= 11 is 1.61. The number of nitrogens with one attached hydrogen (secondary N) is 1. The number of sulfonamides is 1. The first-order valence-electron chi connectivity index (χ1n) is 8.50. The van der Waals surface area contributed by atoms with Gasteiger partial charge in [-0.1, -0.05) is 13.3 Å². The lowest BCUT2D eigenvalue weighted by Crippen LogP contribution is -2.51. The Bertz CT molecular complexity index is 634. The molecule has 142 valence electrons. The Kier molecular flexibility index (Phi) is 7.67. The highest BCUT2D eigenvalue weighted by atomic mass is 32.2. The number of rotatable bonds is 8. The molecule has 1 aliphatic heterocycles. The Labute approximate surface area is 154 Å². The van der Waals surface area contributed by atoms with E-state index in [1.54, 1.807) is 16.2 Å². The molecule has 1 saturated heterocycles. The molecule has 0 saturated carbocycles. The van der Waals surface area contributed by atoms with Gasteiger partial charge in [0.25, 0.3) is 0 Å². The Balaban J connectivity index is 1.87. The van der Waals surface area contributed by atoms with Gasteiger partial charge < -0.3 is 15.0 Å². The summed E-state index contributed by atoms with van der Waals surface area (Å²) in [6.45, 7) is 4.66. The van der Waals surface area contributed by atoms with Crippen molar-refractivity contribution in [3.63, 3.8) is 0 Å². The van der Waals surface area contributed by atoms with E-state index in [4.69, 9.17) is 4.74 Å². The second kappa shape index (κ2) is 9.51. The molecule has 0 radical (unpaired) electrons. The zero-order valence-corrected chi connectivity index (χ0v) is 16.4. The molecule has 7 nitrogen and oxygen atoms in total. The first-order chi connectivity index (χ1) is 11.9. The van der Waals surface area contributed by atoms with Gasteiger partial charge in [-0.05, 0) is 28.8 Å². The first kappa shape index (κ1) is 20.2. The quantitative estimate of drug-likeness (QED) is 0.734. The molecule has 0 bridgehead atoms. The summed E-state index contributed by atoms with van der Waals surface area (Å²) in [5, 5.41) is 6.93. The molecule has 1 aromatic heterocycles. The maximum absolute atomic E-state index is 12.5. The third kappa shape index (κ3) is 6.58. The van der Waals surface area contributed by atoms with Gasteiger partial charge in [0, 0.05) is 32.7 Å². The van der Waals surface area contributed by atoms with E-state index in [0.29, 0.717) is 32.8 Å². The number of carbonyl (C=O) groups is 1. The molecule has 2 rings (SSSR count). The monoisotopic (exact) mass is 389 g/mol. The molecular formula is C16H27N3O4S2. The number of hydrogen-bond acceptors (Lipinski definition) is 5. The fourth-order valence-electron chi connectivity index (χ4n) is 2.63. The number of urea groups is 1. The van der Waals surface area contributed by atoms with Crippen LogP contribution in [-0.4, -0.2) is 68.8 Å².